The Morgan fingerprint density at radius 1 is 1.22 bits per heavy atom. The van der Waals surface area contributed by atoms with Crippen molar-refractivity contribution in [2.75, 3.05) is 14.2 Å². The lowest BCUT2D eigenvalue weighted by Crippen LogP contribution is -2.33. The number of ether oxygens (including phenoxy) is 3. The first-order valence-corrected chi connectivity index (χ1v) is 9.92. The first-order chi connectivity index (χ1) is 15.5. The van der Waals surface area contributed by atoms with Gasteiger partial charge in [-0.1, -0.05) is 6.07 Å². The monoisotopic (exact) mass is 430 g/mol. The van der Waals surface area contributed by atoms with Crippen molar-refractivity contribution in [3.63, 3.8) is 0 Å². The molecule has 0 radical (unpaired) electrons. The maximum Gasteiger partial charge on any atom is 0.259 e. The molecule has 1 aromatic carbocycles. The zero-order chi connectivity index (χ0) is 22.8. The van der Waals surface area contributed by atoms with Gasteiger partial charge >= 0.3 is 0 Å². The van der Waals surface area contributed by atoms with E-state index in [1.807, 2.05) is 25.1 Å². The van der Waals surface area contributed by atoms with E-state index in [9.17, 15) is 10.1 Å². The summed E-state index contributed by atoms with van der Waals surface area (Å²) in [6.45, 7) is 2.09. The van der Waals surface area contributed by atoms with Crippen molar-refractivity contribution < 1.29 is 14.2 Å². The topological polar surface area (TPSA) is 112 Å². The number of hydrogen-bond acceptors (Lipinski definition) is 7. The van der Waals surface area contributed by atoms with Crippen LogP contribution in [0, 0.1) is 18.3 Å². The third-order valence-electron chi connectivity index (χ3n) is 5.48. The molecule has 1 aliphatic rings. The number of hydrogen-bond donors (Lipinski definition) is 1. The average molecular weight is 430 g/mol. The summed E-state index contributed by atoms with van der Waals surface area (Å²) in [4.78, 5) is 18.1. The fourth-order valence-corrected chi connectivity index (χ4v) is 3.91. The highest BCUT2D eigenvalue weighted by molar-refractivity contribution is 5.59. The molecule has 0 bridgehead atoms. The minimum absolute atomic E-state index is 0.0452. The molecule has 0 aliphatic carbocycles. The van der Waals surface area contributed by atoms with Gasteiger partial charge in [0.15, 0.2) is 0 Å². The number of pyridine rings is 2. The molecule has 3 aromatic rings. The Labute approximate surface area is 185 Å². The molecule has 0 unspecified atom stereocenters. The summed E-state index contributed by atoms with van der Waals surface area (Å²) < 4.78 is 18.2. The first kappa shape index (κ1) is 21.0. The number of benzene rings is 1. The highest BCUT2D eigenvalue weighted by Crippen LogP contribution is 2.44. The quantitative estimate of drug-likeness (QED) is 0.662. The fraction of sp³-hybridized carbons (Fsp3) is 0.208. The molecule has 0 saturated heterocycles. The SMILES string of the molecule is COc1ccc(OC)c([C@H]2C(C#N)=C(N)Oc3cc(C)n(Cc4ccccn4)c(=O)c32)c1. The van der Waals surface area contributed by atoms with E-state index in [-0.39, 0.29) is 23.6 Å². The van der Waals surface area contributed by atoms with E-state index in [0.717, 1.165) is 5.69 Å². The molecule has 32 heavy (non-hydrogen) atoms. The van der Waals surface area contributed by atoms with Crippen molar-refractivity contribution in [2.45, 2.75) is 19.4 Å². The number of nitriles is 1. The van der Waals surface area contributed by atoms with E-state index in [0.29, 0.717) is 34.1 Å². The highest BCUT2D eigenvalue weighted by atomic mass is 16.5. The second-order valence-corrected chi connectivity index (χ2v) is 7.31. The summed E-state index contributed by atoms with van der Waals surface area (Å²) in [6, 6.07) is 14.6. The fourth-order valence-electron chi connectivity index (χ4n) is 3.91. The average Bonchev–Trinajstić information content (AvgIpc) is 2.81. The number of methoxy groups -OCH3 is 2. The number of aryl methyl sites for hydroxylation is 1. The summed E-state index contributed by atoms with van der Waals surface area (Å²) in [5, 5.41) is 9.90. The largest absolute Gasteiger partial charge is 0.497 e. The van der Waals surface area contributed by atoms with Crippen LogP contribution in [0.3, 0.4) is 0 Å². The first-order valence-electron chi connectivity index (χ1n) is 9.92. The molecule has 8 nitrogen and oxygen atoms in total. The maximum absolute atomic E-state index is 13.8. The smallest absolute Gasteiger partial charge is 0.259 e. The minimum Gasteiger partial charge on any atom is -0.497 e. The van der Waals surface area contributed by atoms with Crippen molar-refractivity contribution in [3.8, 4) is 23.3 Å². The molecule has 0 amide bonds. The summed E-state index contributed by atoms with van der Waals surface area (Å²) in [7, 11) is 3.07. The molecule has 2 N–H and O–H groups in total. The molecule has 0 fully saturated rings. The Balaban J connectivity index is 1.98. The second-order valence-electron chi connectivity index (χ2n) is 7.31. The van der Waals surface area contributed by atoms with Gasteiger partial charge in [0, 0.05) is 23.5 Å². The van der Waals surface area contributed by atoms with Crippen LogP contribution in [0.1, 0.15) is 28.4 Å². The summed E-state index contributed by atoms with van der Waals surface area (Å²) in [5.74, 6) is 0.551. The van der Waals surface area contributed by atoms with Crippen molar-refractivity contribution in [3.05, 3.63) is 93.0 Å². The molecular weight excluding hydrogens is 408 g/mol. The van der Waals surface area contributed by atoms with Gasteiger partial charge in [-0.3, -0.25) is 9.78 Å². The van der Waals surface area contributed by atoms with Gasteiger partial charge in [0.05, 0.1) is 37.9 Å². The van der Waals surface area contributed by atoms with E-state index in [4.69, 9.17) is 19.9 Å². The molecule has 0 spiro atoms. The van der Waals surface area contributed by atoms with Gasteiger partial charge < -0.3 is 24.5 Å². The lowest BCUT2D eigenvalue weighted by Gasteiger charge is -2.28. The van der Waals surface area contributed by atoms with Crippen LogP contribution in [0.25, 0.3) is 0 Å². The molecule has 0 saturated carbocycles. The van der Waals surface area contributed by atoms with E-state index in [1.165, 1.54) is 7.11 Å². The van der Waals surface area contributed by atoms with Gasteiger partial charge in [-0.15, -0.1) is 0 Å². The van der Waals surface area contributed by atoms with Crippen LogP contribution in [0.5, 0.6) is 17.2 Å². The minimum atomic E-state index is -0.781. The molecule has 8 heteroatoms. The van der Waals surface area contributed by atoms with Crippen LogP contribution < -0.4 is 25.5 Å². The van der Waals surface area contributed by atoms with Crippen LogP contribution in [-0.2, 0) is 6.54 Å². The van der Waals surface area contributed by atoms with Crippen molar-refractivity contribution >= 4 is 0 Å². The standard InChI is InChI=1S/C24H22N4O4/c1-14-10-20-22(24(29)28(14)13-15-6-4-5-9-27-15)21(18(12-25)23(26)32-20)17-11-16(30-2)7-8-19(17)31-3/h4-11,21H,13,26H2,1-3H3/t21-/m0/s1. The third kappa shape index (κ3) is 3.54. The van der Waals surface area contributed by atoms with E-state index in [1.54, 1.807) is 42.1 Å². The van der Waals surface area contributed by atoms with E-state index >= 15 is 0 Å². The Morgan fingerprint density at radius 2 is 2.03 bits per heavy atom. The number of nitrogens with zero attached hydrogens (tertiary/aromatic N) is 3. The van der Waals surface area contributed by atoms with Crippen LogP contribution in [0.4, 0.5) is 0 Å². The molecule has 4 rings (SSSR count). The van der Waals surface area contributed by atoms with E-state index in [2.05, 4.69) is 11.1 Å². The van der Waals surface area contributed by atoms with Gasteiger partial charge in [0.2, 0.25) is 5.88 Å². The predicted octanol–water partition coefficient (Wildman–Crippen LogP) is 2.84. The van der Waals surface area contributed by atoms with Gasteiger partial charge in [0.1, 0.15) is 28.9 Å². The lowest BCUT2D eigenvalue weighted by molar-refractivity contribution is 0.380. The zero-order valence-electron chi connectivity index (χ0n) is 18.0. The summed E-state index contributed by atoms with van der Waals surface area (Å²) in [5.41, 5.74) is 8.26. The Bertz CT molecular complexity index is 1310. The van der Waals surface area contributed by atoms with Gasteiger partial charge in [-0.25, -0.2) is 0 Å². The zero-order valence-corrected chi connectivity index (χ0v) is 18.0. The molecule has 3 heterocycles. The summed E-state index contributed by atoms with van der Waals surface area (Å²) >= 11 is 0. The van der Waals surface area contributed by atoms with Crippen molar-refractivity contribution in [1.82, 2.24) is 9.55 Å². The van der Waals surface area contributed by atoms with Crippen LogP contribution in [-0.4, -0.2) is 23.8 Å². The van der Waals surface area contributed by atoms with Gasteiger partial charge in [0.25, 0.3) is 5.56 Å². The number of rotatable bonds is 5. The number of fused-ring (bicyclic) bond motifs is 1. The molecule has 2 aromatic heterocycles. The van der Waals surface area contributed by atoms with Crippen LogP contribution in [0.15, 0.2) is 64.9 Å². The van der Waals surface area contributed by atoms with E-state index < -0.39 is 5.92 Å². The molecule has 1 aliphatic heterocycles. The van der Waals surface area contributed by atoms with Gasteiger partial charge in [-0.05, 0) is 37.3 Å². The molecule has 1 atom stereocenters. The van der Waals surface area contributed by atoms with Crippen LogP contribution in [0.2, 0.25) is 0 Å². The number of aromatic nitrogens is 2. The Morgan fingerprint density at radius 3 is 2.69 bits per heavy atom. The van der Waals surface area contributed by atoms with Crippen molar-refractivity contribution in [2.24, 2.45) is 5.73 Å². The predicted molar refractivity (Wildman–Crippen MR) is 118 cm³/mol. The lowest BCUT2D eigenvalue weighted by atomic mass is 9.83. The van der Waals surface area contributed by atoms with Crippen molar-refractivity contribution in [1.29, 1.82) is 5.26 Å². The normalized spacial score (nSPS) is 14.9. The Hall–Kier alpha value is -4.25. The number of allylic oxidation sites excluding steroid dienone is 1. The molecule has 162 valence electrons. The Kier molecular flexibility index (Phi) is 5.56. The maximum atomic E-state index is 13.8. The molecular formula is C24H22N4O4. The number of nitrogens with two attached hydrogens (primary N) is 1. The van der Waals surface area contributed by atoms with Gasteiger partial charge in [-0.2, -0.15) is 5.26 Å². The van der Waals surface area contributed by atoms with Crippen LogP contribution >= 0.6 is 0 Å². The summed E-state index contributed by atoms with van der Waals surface area (Å²) in [6.07, 6.45) is 1.68. The third-order valence-corrected chi connectivity index (χ3v) is 5.48. The second kappa shape index (κ2) is 8.47. The highest BCUT2D eigenvalue weighted by Gasteiger charge is 2.36.